The summed E-state index contributed by atoms with van der Waals surface area (Å²) >= 11 is 0. The normalized spacial score (nSPS) is 18.5. The second kappa shape index (κ2) is 8.63. The predicted octanol–water partition coefficient (Wildman–Crippen LogP) is 1.20. The summed E-state index contributed by atoms with van der Waals surface area (Å²) in [6.45, 7) is 2.96. The van der Waals surface area contributed by atoms with Gasteiger partial charge in [-0.1, -0.05) is 12.1 Å². The van der Waals surface area contributed by atoms with Crippen molar-refractivity contribution >= 4 is 17.7 Å². The Balaban J connectivity index is 1.44. The molecule has 0 aliphatic carbocycles. The molecule has 0 spiro atoms. The molecule has 27 heavy (non-hydrogen) atoms. The third kappa shape index (κ3) is 4.04. The fourth-order valence-electron chi connectivity index (χ4n) is 3.85. The van der Waals surface area contributed by atoms with Crippen LogP contribution >= 0.6 is 0 Å². The zero-order valence-corrected chi connectivity index (χ0v) is 15.8. The van der Waals surface area contributed by atoms with Crippen molar-refractivity contribution in [3.8, 4) is 0 Å². The van der Waals surface area contributed by atoms with E-state index >= 15 is 0 Å². The number of hydrogen-bond acceptors (Lipinski definition) is 5. The van der Waals surface area contributed by atoms with E-state index in [0.29, 0.717) is 43.7 Å². The van der Waals surface area contributed by atoms with E-state index in [0.717, 1.165) is 25.9 Å². The zero-order valence-electron chi connectivity index (χ0n) is 15.8. The van der Waals surface area contributed by atoms with Crippen LogP contribution in [0.25, 0.3) is 0 Å². The molecule has 3 rings (SSSR count). The van der Waals surface area contributed by atoms with E-state index in [1.807, 2.05) is 0 Å². The fraction of sp³-hybridized carbons (Fsp3) is 0.550. The molecule has 2 aliphatic rings. The summed E-state index contributed by atoms with van der Waals surface area (Å²) in [6.07, 6.45) is 2.90. The molecule has 1 aromatic carbocycles. The van der Waals surface area contributed by atoms with Crippen LogP contribution in [0, 0.1) is 5.41 Å². The summed E-state index contributed by atoms with van der Waals surface area (Å²) in [6, 6.07) is 6.90. The van der Waals surface area contributed by atoms with Crippen LogP contribution in [-0.2, 0) is 9.53 Å². The standard InChI is InChI=1S/C20H27N3O4/c1-27-14-20(8-11-21-12-9-20)19(26)22-10-4-5-13-23-17(24)15-6-2-3-7-16(15)18(23)25/h2-3,6-7,21H,4-5,8-14H2,1H3,(H,22,26). The van der Waals surface area contributed by atoms with Crippen LogP contribution < -0.4 is 10.6 Å². The van der Waals surface area contributed by atoms with E-state index in [9.17, 15) is 14.4 Å². The molecule has 7 heteroatoms. The number of hydrogen-bond donors (Lipinski definition) is 2. The van der Waals surface area contributed by atoms with E-state index in [-0.39, 0.29) is 17.7 Å². The average molecular weight is 373 g/mol. The molecular weight excluding hydrogens is 346 g/mol. The molecule has 2 aliphatic heterocycles. The Morgan fingerprint density at radius 1 is 1.15 bits per heavy atom. The zero-order chi connectivity index (χ0) is 19.3. The molecule has 0 bridgehead atoms. The van der Waals surface area contributed by atoms with Crippen molar-refractivity contribution in [3.05, 3.63) is 35.4 Å². The number of unbranched alkanes of at least 4 members (excludes halogenated alkanes) is 1. The molecule has 0 unspecified atom stereocenters. The molecule has 0 aromatic heterocycles. The van der Waals surface area contributed by atoms with Crippen LogP contribution in [-0.4, -0.2) is 62.5 Å². The Morgan fingerprint density at radius 3 is 2.37 bits per heavy atom. The number of methoxy groups -OCH3 is 1. The lowest BCUT2D eigenvalue weighted by Crippen LogP contribution is -2.50. The van der Waals surface area contributed by atoms with Crippen molar-refractivity contribution in [2.45, 2.75) is 25.7 Å². The molecule has 0 radical (unpaired) electrons. The minimum absolute atomic E-state index is 0.0339. The molecule has 146 valence electrons. The van der Waals surface area contributed by atoms with Gasteiger partial charge in [0.25, 0.3) is 11.8 Å². The smallest absolute Gasteiger partial charge is 0.261 e. The van der Waals surface area contributed by atoms with Crippen molar-refractivity contribution in [3.63, 3.8) is 0 Å². The molecule has 1 saturated heterocycles. The molecule has 7 nitrogen and oxygen atoms in total. The van der Waals surface area contributed by atoms with Crippen LogP contribution in [0.4, 0.5) is 0 Å². The lowest BCUT2D eigenvalue weighted by atomic mass is 9.78. The van der Waals surface area contributed by atoms with Gasteiger partial charge in [0.1, 0.15) is 0 Å². The molecule has 2 N–H and O–H groups in total. The Labute approximate surface area is 159 Å². The van der Waals surface area contributed by atoms with Crippen molar-refractivity contribution in [2.75, 3.05) is 39.9 Å². The number of rotatable bonds is 8. The molecule has 0 saturated carbocycles. The van der Waals surface area contributed by atoms with Crippen LogP contribution in [0.1, 0.15) is 46.4 Å². The first-order valence-corrected chi connectivity index (χ1v) is 9.52. The third-order valence-electron chi connectivity index (χ3n) is 5.44. The van der Waals surface area contributed by atoms with Crippen molar-refractivity contribution < 1.29 is 19.1 Å². The summed E-state index contributed by atoms with van der Waals surface area (Å²) in [7, 11) is 1.62. The van der Waals surface area contributed by atoms with Gasteiger partial charge in [0.2, 0.25) is 5.91 Å². The maximum Gasteiger partial charge on any atom is 0.261 e. The maximum atomic E-state index is 12.6. The third-order valence-corrected chi connectivity index (χ3v) is 5.44. The molecule has 1 aromatic rings. The molecular formula is C20H27N3O4. The van der Waals surface area contributed by atoms with Gasteiger partial charge in [-0.2, -0.15) is 0 Å². The summed E-state index contributed by atoms with van der Waals surface area (Å²) in [5.41, 5.74) is 0.495. The highest BCUT2D eigenvalue weighted by Crippen LogP contribution is 2.29. The van der Waals surface area contributed by atoms with Crippen molar-refractivity contribution in [2.24, 2.45) is 5.41 Å². The predicted molar refractivity (Wildman–Crippen MR) is 100 cm³/mol. The second-order valence-electron chi connectivity index (χ2n) is 7.23. The number of fused-ring (bicyclic) bond motifs is 1. The summed E-state index contributed by atoms with van der Waals surface area (Å²) < 4.78 is 5.28. The largest absolute Gasteiger partial charge is 0.384 e. The van der Waals surface area contributed by atoms with Gasteiger partial charge in [0.05, 0.1) is 23.1 Å². The van der Waals surface area contributed by atoms with E-state index in [1.54, 1.807) is 31.4 Å². The van der Waals surface area contributed by atoms with Gasteiger partial charge < -0.3 is 15.4 Å². The molecule has 0 atom stereocenters. The maximum absolute atomic E-state index is 12.6. The number of carbonyl (C=O) groups is 3. The average Bonchev–Trinajstić information content (AvgIpc) is 2.93. The first-order chi connectivity index (χ1) is 13.1. The van der Waals surface area contributed by atoms with Gasteiger partial charge in [0, 0.05) is 20.2 Å². The molecule has 1 fully saturated rings. The van der Waals surface area contributed by atoms with E-state index in [1.165, 1.54) is 4.90 Å². The minimum atomic E-state index is -0.456. The first kappa shape index (κ1) is 19.5. The lowest BCUT2D eigenvalue weighted by molar-refractivity contribution is -0.136. The topological polar surface area (TPSA) is 87.7 Å². The SMILES string of the molecule is COCC1(C(=O)NCCCCN2C(=O)c3ccccc3C2=O)CCNCC1. The van der Waals surface area contributed by atoms with Gasteiger partial charge in [-0.25, -0.2) is 0 Å². The van der Waals surface area contributed by atoms with Crippen LogP contribution in [0.15, 0.2) is 24.3 Å². The Morgan fingerprint density at radius 2 is 1.78 bits per heavy atom. The number of nitrogens with zero attached hydrogens (tertiary/aromatic N) is 1. The number of amides is 3. The van der Waals surface area contributed by atoms with Crippen LogP contribution in [0.2, 0.25) is 0 Å². The second-order valence-corrected chi connectivity index (χ2v) is 7.23. The lowest BCUT2D eigenvalue weighted by Gasteiger charge is -2.35. The minimum Gasteiger partial charge on any atom is -0.384 e. The number of benzene rings is 1. The van der Waals surface area contributed by atoms with Gasteiger partial charge in [-0.3, -0.25) is 19.3 Å². The highest BCUT2D eigenvalue weighted by molar-refractivity contribution is 6.21. The van der Waals surface area contributed by atoms with Crippen molar-refractivity contribution in [1.29, 1.82) is 0 Å². The van der Waals surface area contributed by atoms with Crippen LogP contribution in [0.3, 0.4) is 0 Å². The molecule has 3 amide bonds. The van der Waals surface area contributed by atoms with Gasteiger partial charge in [0.15, 0.2) is 0 Å². The summed E-state index contributed by atoms with van der Waals surface area (Å²) in [5.74, 6) is -0.423. The van der Waals surface area contributed by atoms with Gasteiger partial charge >= 0.3 is 0 Å². The summed E-state index contributed by atoms with van der Waals surface area (Å²) in [5, 5.41) is 6.28. The van der Waals surface area contributed by atoms with Gasteiger partial charge in [-0.15, -0.1) is 0 Å². The monoisotopic (exact) mass is 373 g/mol. The van der Waals surface area contributed by atoms with E-state index < -0.39 is 5.41 Å². The fourth-order valence-corrected chi connectivity index (χ4v) is 3.85. The molecule has 2 heterocycles. The highest BCUT2D eigenvalue weighted by atomic mass is 16.5. The van der Waals surface area contributed by atoms with Crippen LogP contribution in [0.5, 0.6) is 0 Å². The number of ether oxygens (including phenoxy) is 1. The van der Waals surface area contributed by atoms with E-state index in [2.05, 4.69) is 10.6 Å². The first-order valence-electron chi connectivity index (χ1n) is 9.52. The summed E-state index contributed by atoms with van der Waals surface area (Å²) in [4.78, 5) is 38.6. The number of piperidine rings is 1. The van der Waals surface area contributed by atoms with E-state index in [4.69, 9.17) is 4.74 Å². The Kier molecular flexibility index (Phi) is 6.23. The highest BCUT2D eigenvalue weighted by Gasteiger charge is 2.39. The Bertz CT molecular complexity index is 672. The number of carbonyl (C=O) groups excluding carboxylic acids is 3. The number of nitrogens with one attached hydrogen (secondary N) is 2. The number of imide groups is 1. The van der Waals surface area contributed by atoms with Gasteiger partial charge in [-0.05, 0) is 50.9 Å². The Hall–Kier alpha value is -2.25. The van der Waals surface area contributed by atoms with Crippen molar-refractivity contribution in [1.82, 2.24) is 15.5 Å². The quantitative estimate of drug-likeness (QED) is 0.528.